The van der Waals surface area contributed by atoms with Gasteiger partial charge in [-0.2, -0.15) is 5.10 Å². The fourth-order valence-electron chi connectivity index (χ4n) is 4.55. The number of para-hydroxylation sites is 1. The number of fused-ring (bicyclic) bond motifs is 4. The van der Waals surface area contributed by atoms with Crippen LogP contribution in [0, 0.1) is 6.92 Å². The van der Waals surface area contributed by atoms with E-state index in [0.717, 1.165) is 38.1 Å². The maximum atomic E-state index is 6.63. The second kappa shape index (κ2) is 5.85. The lowest BCUT2D eigenvalue weighted by Gasteiger charge is -2.49. The molecule has 3 aliphatic heterocycles. The van der Waals surface area contributed by atoms with Gasteiger partial charge in [0.05, 0.1) is 44.7 Å². The smallest absolute Gasteiger partial charge is 0.208 e. The monoisotopic (exact) mass is 348 g/mol. The number of likely N-dealkylation sites (tertiary alicyclic amines) is 1. The van der Waals surface area contributed by atoms with Gasteiger partial charge < -0.3 is 9.64 Å². The van der Waals surface area contributed by atoms with Crippen LogP contribution in [0.3, 0.4) is 0 Å². The van der Waals surface area contributed by atoms with Crippen molar-refractivity contribution in [3.63, 3.8) is 0 Å². The van der Waals surface area contributed by atoms with Crippen molar-refractivity contribution in [2.75, 3.05) is 20.1 Å². The predicted molar refractivity (Wildman–Crippen MR) is 103 cm³/mol. The van der Waals surface area contributed by atoms with Crippen LogP contribution in [0.5, 0.6) is 5.75 Å². The van der Waals surface area contributed by atoms with Crippen LogP contribution in [0.2, 0.25) is 0 Å². The summed E-state index contributed by atoms with van der Waals surface area (Å²) in [6, 6.07) is 17.6. The molecule has 3 aliphatic rings. The molecule has 0 unspecified atom stereocenters. The molecule has 3 heterocycles. The molecule has 0 aromatic heterocycles. The summed E-state index contributed by atoms with van der Waals surface area (Å²) in [7, 11) is 2.27. The number of ether oxygens (including phenoxy) is 1. The van der Waals surface area contributed by atoms with E-state index in [1.165, 1.54) is 22.4 Å². The molecule has 4 heteroatoms. The zero-order chi connectivity index (χ0) is 17.7. The molecule has 1 N–H and O–H groups in total. The summed E-state index contributed by atoms with van der Waals surface area (Å²) in [6.45, 7) is 4.38. The average Bonchev–Trinajstić information content (AvgIpc) is 3.12. The number of benzene rings is 2. The summed E-state index contributed by atoms with van der Waals surface area (Å²) in [5.74, 6) is 1.05. The van der Waals surface area contributed by atoms with Crippen LogP contribution < -0.4 is 9.64 Å². The van der Waals surface area contributed by atoms with Crippen molar-refractivity contribution in [1.29, 1.82) is 0 Å². The maximum absolute atomic E-state index is 6.63. The number of nitrogens with zero attached hydrogens (tertiary/aromatic N) is 2. The van der Waals surface area contributed by atoms with Crippen LogP contribution in [-0.4, -0.2) is 36.6 Å². The van der Waals surface area contributed by atoms with E-state index >= 15 is 0 Å². The fraction of sp³-hybridized carbons (Fsp3) is 0.409. The molecule has 1 fully saturated rings. The van der Waals surface area contributed by atoms with E-state index < -0.39 is 0 Å². The van der Waals surface area contributed by atoms with E-state index in [0.29, 0.717) is 0 Å². The van der Waals surface area contributed by atoms with E-state index in [2.05, 4.69) is 67.5 Å². The Morgan fingerprint density at radius 2 is 1.81 bits per heavy atom. The highest BCUT2D eigenvalue weighted by molar-refractivity contribution is 6.02. The van der Waals surface area contributed by atoms with Gasteiger partial charge in [0.1, 0.15) is 5.75 Å². The SMILES string of the molecule is Cc1ccc(C2=NN3[C@H](C2)c2ccccc2OC32CC[NH+](C)CC2)cc1. The Balaban J connectivity index is 1.57. The lowest BCUT2D eigenvalue weighted by Crippen LogP contribution is -3.11. The van der Waals surface area contributed by atoms with Crippen LogP contribution >= 0.6 is 0 Å². The molecule has 0 radical (unpaired) electrons. The number of hydrogen-bond donors (Lipinski definition) is 1. The molecular weight excluding hydrogens is 322 g/mol. The van der Waals surface area contributed by atoms with Crippen molar-refractivity contribution in [1.82, 2.24) is 5.01 Å². The summed E-state index contributed by atoms with van der Waals surface area (Å²) in [5.41, 5.74) is 4.69. The van der Waals surface area contributed by atoms with Crippen LogP contribution in [0.1, 0.15) is 42.0 Å². The Bertz CT molecular complexity index is 850. The quantitative estimate of drug-likeness (QED) is 0.858. The van der Waals surface area contributed by atoms with Crippen molar-refractivity contribution < 1.29 is 9.64 Å². The highest BCUT2D eigenvalue weighted by Gasteiger charge is 2.52. The molecule has 1 spiro atoms. The lowest BCUT2D eigenvalue weighted by molar-refractivity contribution is -0.888. The van der Waals surface area contributed by atoms with Gasteiger partial charge >= 0.3 is 0 Å². The molecule has 134 valence electrons. The van der Waals surface area contributed by atoms with Gasteiger partial charge in [-0.3, -0.25) is 0 Å². The third kappa shape index (κ3) is 2.43. The fourth-order valence-corrected chi connectivity index (χ4v) is 4.55. The molecule has 0 bridgehead atoms. The second-order valence-corrected chi connectivity index (χ2v) is 8.02. The van der Waals surface area contributed by atoms with Crippen LogP contribution in [0.15, 0.2) is 53.6 Å². The molecule has 4 nitrogen and oxygen atoms in total. The number of hydrogen-bond acceptors (Lipinski definition) is 3. The van der Waals surface area contributed by atoms with Gasteiger partial charge in [-0.25, -0.2) is 5.01 Å². The summed E-state index contributed by atoms with van der Waals surface area (Å²) >= 11 is 0. The largest absolute Gasteiger partial charge is 0.466 e. The highest BCUT2D eigenvalue weighted by Crippen LogP contribution is 2.49. The number of rotatable bonds is 1. The van der Waals surface area contributed by atoms with Gasteiger partial charge in [0.15, 0.2) is 0 Å². The minimum atomic E-state index is -0.287. The van der Waals surface area contributed by atoms with Crippen molar-refractivity contribution in [3.8, 4) is 5.75 Å². The van der Waals surface area contributed by atoms with E-state index in [-0.39, 0.29) is 11.8 Å². The van der Waals surface area contributed by atoms with Gasteiger partial charge in [-0.1, -0.05) is 48.0 Å². The summed E-state index contributed by atoms with van der Waals surface area (Å²) < 4.78 is 6.63. The average molecular weight is 348 g/mol. The van der Waals surface area contributed by atoms with E-state index in [9.17, 15) is 0 Å². The molecular formula is C22H26N3O+. The first-order valence-corrected chi connectivity index (χ1v) is 9.68. The van der Waals surface area contributed by atoms with Crippen LogP contribution in [-0.2, 0) is 0 Å². The van der Waals surface area contributed by atoms with Gasteiger partial charge in [-0.15, -0.1) is 0 Å². The van der Waals surface area contributed by atoms with Crippen molar-refractivity contribution in [3.05, 3.63) is 65.2 Å². The van der Waals surface area contributed by atoms with Crippen molar-refractivity contribution in [2.24, 2.45) is 5.10 Å². The molecule has 0 amide bonds. The summed E-state index contributed by atoms with van der Waals surface area (Å²) in [4.78, 5) is 1.58. The third-order valence-electron chi connectivity index (χ3n) is 6.18. The maximum Gasteiger partial charge on any atom is 0.208 e. The Morgan fingerprint density at radius 3 is 2.58 bits per heavy atom. The minimum Gasteiger partial charge on any atom is -0.466 e. The molecule has 2 aromatic carbocycles. The van der Waals surface area contributed by atoms with E-state index in [4.69, 9.17) is 9.84 Å². The lowest BCUT2D eigenvalue weighted by atomic mass is 9.91. The van der Waals surface area contributed by atoms with Gasteiger partial charge in [0.25, 0.3) is 0 Å². The zero-order valence-electron chi connectivity index (χ0n) is 15.5. The topological polar surface area (TPSA) is 29.3 Å². The van der Waals surface area contributed by atoms with Gasteiger partial charge in [0.2, 0.25) is 5.72 Å². The molecule has 1 atom stereocenters. The van der Waals surface area contributed by atoms with Gasteiger partial charge in [0, 0.05) is 12.0 Å². The normalized spacial score (nSPS) is 29.8. The number of aryl methyl sites for hydroxylation is 1. The number of nitrogens with one attached hydrogen (secondary N) is 1. The first-order valence-electron chi connectivity index (χ1n) is 9.68. The molecule has 0 aliphatic carbocycles. The number of hydrazone groups is 1. The Labute approximate surface area is 155 Å². The number of piperidine rings is 1. The first-order chi connectivity index (χ1) is 12.6. The predicted octanol–water partition coefficient (Wildman–Crippen LogP) is 2.54. The van der Waals surface area contributed by atoms with Gasteiger partial charge in [-0.05, 0) is 18.6 Å². The Morgan fingerprint density at radius 1 is 1.08 bits per heavy atom. The van der Waals surface area contributed by atoms with E-state index in [1.807, 2.05) is 0 Å². The van der Waals surface area contributed by atoms with E-state index in [1.54, 1.807) is 4.90 Å². The Kier molecular flexibility index (Phi) is 3.57. The zero-order valence-corrected chi connectivity index (χ0v) is 15.5. The summed E-state index contributed by atoms with van der Waals surface area (Å²) in [6.07, 6.45) is 3.00. The van der Waals surface area contributed by atoms with Crippen LogP contribution in [0.4, 0.5) is 0 Å². The molecule has 26 heavy (non-hydrogen) atoms. The number of quaternary nitrogens is 1. The molecule has 0 saturated carbocycles. The Hall–Kier alpha value is -2.33. The summed E-state index contributed by atoms with van der Waals surface area (Å²) in [5, 5.41) is 7.43. The third-order valence-corrected chi connectivity index (χ3v) is 6.18. The van der Waals surface area contributed by atoms with Crippen molar-refractivity contribution >= 4 is 5.71 Å². The molecule has 5 rings (SSSR count). The molecule has 2 aromatic rings. The van der Waals surface area contributed by atoms with Crippen molar-refractivity contribution in [2.45, 2.75) is 38.0 Å². The molecule has 1 saturated heterocycles. The second-order valence-electron chi connectivity index (χ2n) is 8.02. The minimum absolute atomic E-state index is 0.287. The highest BCUT2D eigenvalue weighted by atomic mass is 16.5. The standard InChI is InChI=1S/C22H25N3O/c1-16-7-9-17(10-8-16)19-15-20-18-5-3-4-6-21(18)26-22(25(20)23-19)11-13-24(2)14-12-22/h3-10,20H,11-15H2,1-2H3/p+1/t20-/m1/s1. The first kappa shape index (κ1) is 15.9. The van der Waals surface area contributed by atoms with Crippen LogP contribution in [0.25, 0.3) is 0 Å².